The van der Waals surface area contributed by atoms with E-state index in [9.17, 15) is 0 Å². The first-order valence-corrected chi connectivity index (χ1v) is 11.1. The van der Waals surface area contributed by atoms with Crippen molar-refractivity contribution in [3.05, 3.63) is 0 Å². The Morgan fingerprint density at radius 2 is 1.38 bits per heavy atom. The molecule has 2 radical (unpaired) electrons. The van der Waals surface area contributed by atoms with Crippen LogP contribution >= 0.6 is 0 Å². The van der Waals surface area contributed by atoms with E-state index in [4.69, 9.17) is 5.11 Å². The molecule has 1 unspecified atom stereocenters. The summed E-state index contributed by atoms with van der Waals surface area (Å²) in [5.74, 6) is 1.69. The van der Waals surface area contributed by atoms with Crippen LogP contribution in [0, 0.1) is 0 Å². The minimum atomic E-state index is 0.355. The average molecular weight is 332 g/mol. The molecule has 24 heavy (non-hydrogen) atoms. The van der Waals surface area contributed by atoms with Gasteiger partial charge in [0, 0.05) is 6.61 Å². The molecular weight excluding hydrogens is 290 g/mol. The molecule has 1 aliphatic rings. The molecule has 138 valence electrons. The van der Waals surface area contributed by atoms with Crippen molar-refractivity contribution in [2.75, 3.05) is 6.61 Å². The molecule has 1 saturated carbocycles. The lowest BCUT2D eigenvalue weighted by atomic mass is 9.57. The summed E-state index contributed by atoms with van der Waals surface area (Å²) in [4.78, 5) is 0. The molecular formula is C21H42B2O. The molecule has 0 heterocycles. The van der Waals surface area contributed by atoms with Gasteiger partial charge in [0.1, 0.15) is 14.6 Å². The zero-order valence-electron chi connectivity index (χ0n) is 16.5. The maximum Gasteiger partial charge on any atom is 0.113 e. The fraction of sp³-hybridized carbons (Fsp3) is 1.00. The Balaban J connectivity index is 2.00. The molecule has 0 saturated heterocycles. The van der Waals surface area contributed by atoms with Crippen molar-refractivity contribution in [2.45, 2.75) is 128 Å². The highest BCUT2D eigenvalue weighted by atomic mass is 16.2. The van der Waals surface area contributed by atoms with Crippen molar-refractivity contribution < 1.29 is 5.11 Å². The van der Waals surface area contributed by atoms with Crippen LogP contribution in [0.4, 0.5) is 0 Å². The van der Waals surface area contributed by atoms with Crippen molar-refractivity contribution >= 4 is 14.6 Å². The van der Waals surface area contributed by atoms with E-state index in [1.165, 1.54) is 103 Å². The molecule has 1 fully saturated rings. The zero-order valence-corrected chi connectivity index (χ0v) is 16.5. The Hall–Kier alpha value is 0.0899. The number of aliphatic hydroxyl groups is 1. The first-order chi connectivity index (χ1) is 11.9. The quantitative estimate of drug-likeness (QED) is 0.312. The first-order valence-electron chi connectivity index (χ1n) is 11.1. The van der Waals surface area contributed by atoms with Gasteiger partial charge in [0.2, 0.25) is 0 Å². The second kappa shape index (κ2) is 16.6. The first kappa shape index (κ1) is 22.1. The molecule has 0 amide bonds. The molecule has 0 spiro atoms. The molecule has 0 aliphatic heterocycles. The van der Waals surface area contributed by atoms with Gasteiger partial charge in [-0.1, -0.05) is 121 Å². The van der Waals surface area contributed by atoms with Crippen LogP contribution in [0.2, 0.25) is 24.8 Å². The largest absolute Gasteiger partial charge is 0.396 e. The predicted molar refractivity (Wildman–Crippen MR) is 111 cm³/mol. The molecule has 1 atom stereocenters. The Bertz CT molecular complexity index is 250. The second-order valence-corrected chi connectivity index (χ2v) is 8.00. The van der Waals surface area contributed by atoms with E-state index >= 15 is 0 Å². The van der Waals surface area contributed by atoms with Crippen LogP contribution in [0.1, 0.15) is 103 Å². The lowest BCUT2D eigenvalue weighted by Crippen LogP contribution is -2.05. The topological polar surface area (TPSA) is 20.2 Å². The van der Waals surface area contributed by atoms with Gasteiger partial charge in [-0.3, -0.25) is 0 Å². The molecule has 0 aromatic carbocycles. The summed E-state index contributed by atoms with van der Waals surface area (Å²) in [5, 5.41) is 8.88. The van der Waals surface area contributed by atoms with Gasteiger partial charge in [0.15, 0.2) is 0 Å². The van der Waals surface area contributed by atoms with Crippen molar-refractivity contribution in [1.82, 2.24) is 0 Å². The third-order valence-electron chi connectivity index (χ3n) is 5.88. The molecule has 1 rings (SSSR count). The Labute approximate surface area is 154 Å². The highest BCUT2D eigenvalue weighted by Crippen LogP contribution is 2.27. The third-order valence-corrected chi connectivity index (χ3v) is 5.88. The van der Waals surface area contributed by atoms with Gasteiger partial charge >= 0.3 is 0 Å². The van der Waals surface area contributed by atoms with Gasteiger partial charge in [-0.15, -0.1) is 0 Å². The molecule has 1 aliphatic carbocycles. The summed E-state index contributed by atoms with van der Waals surface area (Å²) in [5.41, 5.74) is 0. The van der Waals surface area contributed by atoms with Crippen molar-refractivity contribution in [2.24, 2.45) is 0 Å². The van der Waals surface area contributed by atoms with E-state index in [1.807, 2.05) is 0 Å². The number of hydrogen-bond acceptors (Lipinski definition) is 1. The van der Waals surface area contributed by atoms with Crippen molar-refractivity contribution in [3.63, 3.8) is 0 Å². The van der Waals surface area contributed by atoms with Gasteiger partial charge in [-0.25, -0.2) is 0 Å². The SMILES string of the molecule is C[B]C(CCCCO)CCCCC[B]C1CCCCCCCCC1. The van der Waals surface area contributed by atoms with Crippen LogP contribution in [0.25, 0.3) is 0 Å². The predicted octanol–water partition coefficient (Wildman–Crippen LogP) is 6.69. The van der Waals surface area contributed by atoms with Gasteiger partial charge < -0.3 is 5.11 Å². The minimum absolute atomic E-state index is 0.355. The maximum atomic E-state index is 8.88. The minimum Gasteiger partial charge on any atom is -0.396 e. The highest BCUT2D eigenvalue weighted by Gasteiger charge is 2.11. The number of unbranched alkanes of at least 4 members (excludes halogenated alkanes) is 3. The van der Waals surface area contributed by atoms with Crippen LogP contribution in [-0.2, 0) is 0 Å². The lowest BCUT2D eigenvalue weighted by Gasteiger charge is -2.18. The Kier molecular flexibility index (Phi) is 15.3. The van der Waals surface area contributed by atoms with E-state index in [1.54, 1.807) is 0 Å². The van der Waals surface area contributed by atoms with E-state index < -0.39 is 0 Å². The van der Waals surface area contributed by atoms with Gasteiger partial charge in [0.05, 0.1) is 0 Å². The Morgan fingerprint density at radius 1 is 0.792 bits per heavy atom. The number of aliphatic hydroxyl groups excluding tert-OH is 1. The van der Waals surface area contributed by atoms with E-state index in [0.29, 0.717) is 6.61 Å². The fourth-order valence-electron chi connectivity index (χ4n) is 4.15. The average Bonchev–Trinajstić information content (AvgIpc) is 2.61. The monoisotopic (exact) mass is 332 g/mol. The smallest absolute Gasteiger partial charge is 0.113 e. The van der Waals surface area contributed by atoms with E-state index in [-0.39, 0.29) is 0 Å². The summed E-state index contributed by atoms with van der Waals surface area (Å²) < 4.78 is 0. The molecule has 0 bridgehead atoms. The van der Waals surface area contributed by atoms with Crippen LogP contribution in [0.5, 0.6) is 0 Å². The van der Waals surface area contributed by atoms with Crippen LogP contribution in [0.3, 0.4) is 0 Å². The normalized spacial score (nSPS) is 18.9. The fourth-order valence-corrected chi connectivity index (χ4v) is 4.15. The molecule has 3 heteroatoms. The lowest BCUT2D eigenvalue weighted by molar-refractivity contribution is 0.282. The molecule has 1 N–H and O–H groups in total. The standard InChI is InChI=1S/C21H42B2O/c1-22-20(15-11-13-19-24)14-10-7-12-18-23-21-16-8-5-3-2-4-6-9-17-21/h20-21,24H,2-19H2,1H3. The van der Waals surface area contributed by atoms with E-state index in [0.717, 1.165) is 18.1 Å². The van der Waals surface area contributed by atoms with E-state index in [2.05, 4.69) is 21.4 Å². The van der Waals surface area contributed by atoms with Gasteiger partial charge in [-0.05, 0) is 6.42 Å². The number of rotatable bonds is 12. The van der Waals surface area contributed by atoms with Crippen LogP contribution < -0.4 is 0 Å². The third kappa shape index (κ3) is 12.5. The summed E-state index contributed by atoms with van der Waals surface area (Å²) in [6.45, 7) is 2.56. The van der Waals surface area contributed by atoms with Crippen molar-refractivity contribution in [3.8, 4) is 0 Å². The summed E-state index contributed by atoms with van der Waals surface area (Å²) >= 11 is 0. The maximum absolute atomic E-state index is 8.88. The summed E-state index contributed by atoms with van der Waals surface area (Å²) in [7, 11) is 5.05. The van der Waals surface area contributed by atoms with Crippen molar-refractivity contribution in [1.29, 1.82) is 0 Å². The molecule has 1 nitrogen and oxygen atoms in total. The second-order valence-electron chi connectivity index (χ2n) is 8.00. The molecule has 0 aromatic heterocycles. The van der Waals surface area contributed by atoms with Crippen LogP contribution in [-0.4, -0.2) is 26.3 Å². The number of hydrogen-bond donors (Lipinski definition) is 1. The van der Waals surface area contributed by atoms with Gasteiger partial charge in [-0.2, -0.15) is 0 Å². The summed E-state index contributed by atoms with van der Waals surface area (Å²) in [6, 6.07) is 0. The summed E-state index contributed by atoms with van der Waals surface area (Å²) in [6.07, 6.45) is 23.5. The molecule has 0 aromatic rings. The highest BCUT2D eigenvalue weighted by molar-refractivity contribution is 6.37. The zero-order chi connectivity index (χ0) is 17.3. The van der Waals surface area contributed by atoms with Gasteiger partial charge in [0.25, 0.3) is 0 Å². The van der Waals surface area contributed by atoms with Crippen LogP contribution in [0.15, 0.2) is 0 Å². The Morgan fingerprint density at radius 3 is 1.96 bits per heavy atom.